The number of carbonyl (C=O) groups is 1. The highest BCUT2D eigenvalue weighted by Crippen LogP contribution is 2.00. The van der Waals surface area contributed by atoms with Gasteiger partial charge in [-0.2, -0.15) is 0 Å². The van der Waals surface area contributed by atoms with Crippen molar-refractivity contribution in [3.8, 4) is 0 Å². The summed E-state index contributed by atoms with van der Waals surface area (Å²) < 4.78 is 0. The number of carbonyl (C=O) groups excluding carboxylic acids is 1. The van der Waals surface area contributed by atoms with E-state index < -0.39 is 5.54 Å². The van der Waals surface area contributed by atoms with Gasteiger partial charge in [-0.25, -0.2) is 0 Å². The van der Waals surface area contributed by atoms with E-state index in [2.05, 4.69) is 29.4 Å². The second-order valence-electron chi connectivity index (χ2n) is 4.44. The molecule has 0 spiro atoms. The van der Waals surface area contributed by atoms with Crippen molar-refractivity contribution in [1.29, 1.82) is 0 Å². The van der Waals surface area contributed by atoms with Gasteiger partial charge in [-0.05, 0) is 33.5 Å². The maximum Gasteiger partial charge on any atom is 0.239 e. The lowest BCUT2D eigenvalue weighted by molar-refractivity contribution is -0.126. The normalized spacial score (nSPS) is 11.9. The summed E-state index contributed by atoms with van der Waals surface area (Å²) in [5.74, 6) is 0.0708. The van der Waals surface area contributed by atoms with Crippen LogP contribution in [0.5, 0.6) is 0 Å². The van der Waals surface area contributed by atoms with Crippen LogP contribution in [0.25, 0.3) is 0 Å². The fraction of sp³-hybridized carbons (Fsp3) is 0.917. The van der Waals surface area contributed by atoms with Crippen LogP contribution < -0.4 is 10.6 Å². The molecule has 0 fully saturated rings. The van der Waals surface area contributed by atoms with E-state index in [4.69, 9.17) is 0 Å². The fourth-order valence-electron chi connectivity index (χ4n) is 1.61. The zero-order chi connectivity index (χ0) is 12.6. The number of hydrogen-bond donors (Lipinski definition) is 2. The summed E-state index contributed by atoms with van der Waals surface area (Å²) in [6, 6.07) is 0. The molecule has 4 heteroatoms. The third kappa shape index (κ3) is 5.47. The molecule has 0 aromatic heterocycles. The maximum absolute atomic E-state index is 11.8. The summed E-state index contributed by atoms with van der Waals surface area (Å²) in [6.07, 6.45) is 0. The van der Waals surface area contributed by atoms with Gasteiger partial charge in [0.25, 0.3) is 0 Å². The summed E-state index contributed by atoms with van der Waals surface area (Å²) in [4.78, 5) is 14.1. The molecule has 0 atom stereocenters. The molecule has 0 saturated carbocycles. The van der Waals surface area contributed by atoms with Gasteiger partial charge in [0.05, 0.1) is 5.54 Å². The Kier molecular flexibility index (Phi) is 7.34. The van der Waals surface area contributed by atoms with Crippen molar-refractivity contribution in [1.82, 2.24) is 15.5 Å². The lowest BCUT2D eigenvalue weighted by Gasteiger charge is -2.25. The van der Waals surface area contributed by atoms with Crippen LogP contribution in [-0.2, 0) is 4.79 Å². The van der Waals surface area contributed by atoms with Crippen molar-refractivity contribution in [3.63, 3.8) is 0 Å². The van der Waals surface area contributed by atoms with Crippen LogP contribution in [0.3, 0.4) is 0 Å². The minimum absolute atomic E-state index is 0.0708. The van der Waals surface area contributed by atoms with Gasteiger partial charge in [-0.3, -0.25) is 4.79 Å². The van der Waals surface area contributed by atoms with E-state index in [-0.39, 0.29) is 5.91 Å². The SMILES string of the molecule is CCNC(C)(C)C(=O)NCCN(CC)CC. The molecular formula is C12H27N3O. The molecule has 0 aliphatic rings. The molecule has 0 bridgehead atoms. The van der Waals surface area contributed by atoms with Crippen molar-refractivity contribution in [2.45, 2.75) is 40.2 Å². The topological polar surface area (TPSA) is 44.4 Å². The van der Waals surface area contributed by atoms with E-state index in [9.17, 15) is 4.79 Å². The summed E-state index contributed by atoms with van der Waals surface area (Å²) >= 11 is 0. The average Bonchev–Trinajstić information content (AvgIpc) is 2.24. The lowest BCUT2D eigenvalue weighted by atomic mass is 10.0. The minimum Gasteiger partial charge on any atom is -0.353 e. The average molecular weight is 229 g/mol. The van der Waals surface area contributed by atoms with Gasteiger partial charge < -0.3 is 15.5 Å². The van der Waals surface area contributed by atoms with Gasteiger partial charge in [-0.1, -0.05) is 20.8 Å². The van der Waals surface area contributed by atoms with Gasteiger partial charge >= 0.3 is 0 Å². The first-order chi connectivity index (χ1) is 7.47. The molecule has 0 unspecified atom stereocenters. The number of amides is 1. The number of nitrogens with zero attached hydrogens (tertiary/aromatic N) is 1. The first-order valence-corrected chi connectivity index (χ1v) is 6.23. The zero-order valence-electron chi connectivity index (χ0n) is 11.4. The molecule has 2 N–H and O–H groups in total. The maximum atomic E-state index is 11.8. The Morgan fingerprint density at radius 3 is 2.19 bits per heavy atom. The van der Waals surface area contributed by atoms with Gasteiger partial charge in [0.15, 0.2) is 0 Å². The Morgan fingerprint density at radius 2 is 1.75 bits per heavy atom. The van der Waals surface area contributed by atoms with E-state index in [1.807, 2.05) is 20.8 Å². The molecule has 0 aromatic carbocycles. The van der Waals surface area contributed by atoms with Crippen LogP contribution >= 0.6 is 0 Å². The van der Waals surface area contributed by atoms with E-state index >= 15 is 0 Å². The first kappa shape index (κ1) is 15.4. The molecule has 1 amide bonds. The van der Waals surface area contributed by atoms with Gasteiger partial charge in [0.2, 0.25) is 5.91 Å². The predicted molar refractivity (Wildman–Crippen MR) is 68.6 cm³/mol. The molecule has 0 aliphatic carbocycles. The molecule has 0 rings (SSSR count). The Morgan fingerprint density at radius 1 is 1.19 bits per heavy atom. The van der Waals surface area contributed by atoms with E-state index in [1.54, 1.807) is 0 Å². The molecule has 0 aliphatic heterocycles. The van der Waals surface area contributed by atoms with Crippen molar-refractivity contribution in [2.24, 2.45) is 0 Å². The monoisotopic (exact) mass is 229 g/mol. The Balaban J connectivity index is 3.89. The molecule has 0 heterocycles. The lowest BCUT2D eigenvalue weighted by Crippen LogP contribution is -2.53. The molecule has 16 heavy (non-hydrogen) atoms. The van der Waals surface area contributed by atoms with Crippen molar-refractivity contribution >= 4 is 5.91 Å². The van der Waals surface area contributed by atoms with Gasteiger partial charge in [0, 0.05) is 13.1 Å². The molecular weight excluding hydrogens is 202 g/mol. The summed E-state index contributed by atoms with van der Waals surface area (Å²) in [7, 11) is 0. The number of rotatable bonds is 8. The fourth-order valence-corrected chi connectivity index (χ4v) is 1.61. The quantitative estimate of drug-likeness (QED) is 0.648. The third-order valence-electron chi connectivity index (χ3n) is 2.79. The molecule has 0 aromatic rings. The van der Waals surface area contributed by atoms with E-state index in [0.717, 1.165) is 32.7 Å². The Labute approximate surface area is 99.8 Å². The second-order valence-corrected chi connectivity index (χ2v) is 4.44. The van der Waals surface area contributed by atoms with Gasteiger partial charge in [-0.15, -0.1) is 0 Å². The van der Waals surface area contributed by atoms with Crippen LogP contribution in [-0.4, -0.2) is 49.1 Å². The molecule has 96 valence electrons. The summed E-state index contributed by atoms with van der Waals surface area (Å²) in [5, 5.41) is 6.13. The van der Waals surface area contributed by atoms with Crippen LogP contribution in [0.15, 0.2) is 0 Å². The first-order valence-electron chi connectivity index (χ1n) is 6.23. The van der Waals surface area contributed by atoms with Crippen molar-refractivity contribution in [2.75, 3.05) is 32.7 Å². The second kappa shape index (κ2) is 7.63. The largest absolute Gasteiger partial charge is 0.353 e. The zero-order valence-corrected chi connectivity index (χ0v) is 11.4. The summed E-state index contributed by atoms with van der Waals surface area (Å²) in [6.45, 7) is 14.6. The van der Waals surface area contributed by atoms with Crippen LogP contribution in [0.1, 0.15) is 34.6 Å². The smallest absolute Gasteiger partial charge is 0.239 e. The number of hydrogen-bond acceptors (Lipinski definition) is 3. The molecule has 0 radical (unpaired) electrons. The molecule has 4 nitrogen and oxygen atoms in total. The number of nitrogens with one attached hydrogen (secondary N) is 2. The highest BCUT2D eigenvalue weighted by Gasteiger charge is 2.25. The van der Waals surface area contributed by atoms with Gasteiger partial charge in [0.1, 0.15) is 0 Å². The highest BCUT2D eigenvalue weighted by atomic mass is 16.2. The van der Waals surface area contributed by atoms with Crippen molar-refractivity contribution in [3.05, 3.63) is 0 Å². The number of likely N-dealkylation sites (N-methyl/N-ethyl adjacent to an activating group) is 2. The van der Waals surface area contributed by atoms with E-state index in [0.29, 0.717) is 0 Å². The summed E-state index contributed by atoms with van der Waals surface area (Å²) in [5.41, 5.74) is -0.474. The Bertz CT molecular complexity index is 200. The van der Waals surface area contributed by atoms with Crippen LogP contribution in [0.4, 0.5) is 0 Å². The predicted octanol–water partition coefficient (Wildman–Crippen LogP) is 0.833. The Hall–Kier alpha value is -0.610. The molecule has 0 saturated heterocycles. The van der Waals surface area contributed by atoms with Crippen LogP contribution in [0, 0.1) is 0 Å². The standard InChI is InChI=1S/C12H27N3O/c1-6-14-12(4,5)11(16)13-9-10-15(7-2)8-3/h14H,6-10H2,1-5H3,(H,13,16). The van der Waals surface area contributed by atoms with Crippen LogP contribution in [0.2, 0.25) is 0 Å². The minimum atomic E-state index is -0.474. The third-order valence-corrected chi connectivity index (χ3v) is 2.79. The highest BCUT2D eigenvalue weighted by molar-refractivity contribution is 5.85. The van der Waals surface area contributed by atoms with Crippen molar-refractivity contribution < 1.29 is 4.79 Å². The van der Waals surface area contributed by atoms with E-state index in [1.165, 1.54) is 0 Å².